The molecule has 1 aromatic heterocycles. The van der Waals surface area contributed by atoms with Gasteiger partial charge in [0.2, 0.25) is 11.8 Å². The molecular weight excluding hydrogens is 304 g/mol. The standard InChI is InChI=1S/C19H26N2O3/c1-12(17-8-13-4-5-14(17)7-13)20-19(23)15-9-18(22)21(10-15)11-16-3-2-6-24-16/h2-3,6,12-15,17H,4-5,7-11H2,1H3,(H,20,23). The van der Waals surface area contributed by atoms with Crippen LogP contribution in [0.4, 0.5) is 0 Å². The van der Waals surface area contributed by atoms with Crippen LogP contribution in [-0.4, -0.2) is 29.3 Å². The van der Waals surface area contributed by atoms with Crippen LogP contribution in [0.2, 0.25) is 0 Å². The largest absolute Gasteiger partial charge is 0.467 e. The summed E-state index contributed by atoms with van der Waals surface area (Å²) in [6.45, 7) is 3.09. The van der Waals surface area contributed by atoms with Crippen LogP contribution >= 0.6 is 0 Å². The van der Waals surface area contributed by atoms with Crippen molar-refractivity contribution in [1.82, 2.24) is 10.2 Å². The summed E-state index contributed by atoms with van der Waals surface area (Å²) < 4.78 is 5.31. The molecule has 130 valence electrons. The quantitative estimate of drug-likeness (QED) is 0.902. The second kappa shape index (κ2) is 6.26. The van der Waals surface area contributed by atoms with Gasteiger partial charge in [-0.1, -0.05) is 6.42 Å². The lowest BCUT2D eigenvalue weighted by Gasteiger charge is -2.29. The summed E-state index contributed by atoms with van der Waals surface area (Å²) in [6.07, 6.45) is 7.24. The Balaban J connectivity index is 1.31. The zero-order valence-corrected chi connectivity index (χ0v) is 14.2. The van der Waals surface area contributed by atoms with Crippen LogP contribution < -0.4 is 5.32 Å². The normalized spacial score (nSPS) is 33.2. The molecule has 1 aliphatic heterocycles. The fraction of sp³-hybridized carbons (Fsp3) is 0.684. The van der Waals surface area contributed by atoms with Gasteiger partial charge in [0.15, 0.2) is 0 Å². The van der Waals surface area contributed by atoms with Crippen molar-refractivity contribution in [1.29, 1.82) is 0 Å². The van der Waals surface area contributed by atoms with E-state index >= 15 is 0 Å². The Hall–Kier alpha value is -1.78. The van der Waals surface area contributed by atoms with Gasteiger partial charge in [0.05, 0.1) is 18.7 Å². The van der Waals surface area contributed by atoms with Gasteiger partial charge in [-0.2, -0.15) is 0 Å². The van der Waals surface area contributed by atoms with Crippen LogP contribution in [0.5, 0.6) is 0 Å². The molecule has 3 fully saturated rings. The number of carbonyl (C=O) groups is 2. The molecule has 24 heavy (non-hydrogen) atoms. The Morgan fingerprint density at radius 2 is 2.29 bits per heavy atom. The number of hydrogen-bond donors (Lipinski definition) is 1. The SMILES string of the molecule is CC(NC(=O)C1CC(=O)N(Cc2ccco2)C1)C1CC2CCC1C2. The van der Waals surface area contributed by atoms with Crippen molar-refractivity contribution < 1.29 is 14.0 Å². The molecule has 4 rings (SSSR count). The van der Waals surface area contributed by atoms with Gasteiger partial charge >= 0.3 is 0 Å². The van der Waals surface area contributed by atoms with Gasteiger partial charge in [0.25, 0.3) is 0 Å². The first kappa shape index (κ1) is 15.7. The topological polar surface area (TPSA) is 62.6 Å². The Kier molecular flexibility index (Phi) is 4.10. The van der Waals surface area contributed by atoms with Crippen molar-refractivity contribution in [3.8, 4) is 0 Å². The fourth-order valence-electron chi connectivity index (χ4n) is 5.05. The third-order valence-electron chi connectivity index (χ3n) is 6.32. The molecule has 5 atom stereocenters. The van der Waals surface area contributed by atoms with Crippen molar-refractivity contribution in [3.05, 3.63) is 24.2 Å². The van der Waals surface area contributed by atoms with Crippen LogP contribution in [0.15, 0.2) is 22.8 Å². The number of rotatable bonds is 5. The minimum Gasteiger partial charge on any atom is -0.467 e. The molecule has 1 saturated heterocycles. The smallest absolute Gasteiger partial charge is 0.225 e. The van der Waals surface area contributed by atoms with Crippen molar-refractivity contribution in [2.75, 3.05) is 6.54 Å². The molecule has 5 nitrogen and oxygen atoms in total. The predicted molar refractivity (Wildman–Crippen MR) is 88.8 cm³/mol. The minimum atomic E-state index is -0.228. The first-order chi connectivity index (χ1) is 11.6. The molecule has 2 bridgehead atoms. The maximum Gasteiger partial charge on any atom is 0.225 e. The molecule has 3 aliphatic rings. The Bertz CT molecular complexity index is 612. The number of furan rings is 1. The third-order valence-corrected chi connectivity index (χ3v) is 6.32. The molecule has 2 amide bonds. The zero-order chi connectivity index (χ0) is 16.7. The van der Waals surface area contributed by atoms with Gasteiger partial charge in [-0.15, -0.1) is 0 Å². The second-order valence-electron chi connectivity index (χ2n) is 7.89. The van der Waals surface area contributed by atoms with Crippen LogP contribution in [-0.2, 0) is 16.1 Å². The molecule has 0 radical (unpaired) electrons. The molecule has 0 spiro atoms. The Morgan fingerprint density at radius 1 is 1.42 bits per heavy atom. The number of fused-ring (bicyclic) bond motifs is 2. The van der Waals surface area contributed by atoms with E-state index in [1.807, 2.05) is 12.1 Å². The molecule has 2 aliphatic carbocycles. The number of nitrogens with one attached hydrogen (secondary N) is 1. The van der Waals surface area contributed by atoms with Crippen LogP contribution in [0, 0.1) is 23.7 Å². The van der Waals surface area contributed by atoms with Gasteiger partial charge in [0, 0.05) is 19.0 Å². The van der Waals surface area contributed by atoms with Gasteiger partial charge in [-0.3, -0.25) is 9.59 Å². The maximum absolute atomic E-state index is 12.6. The highest BCUT2D eigenvalue weighted by Gasteiger charge is 2.43. The van der Waals surface area contributed by atoms with Crippen LogP contribution in [0.3, 0.4) is 0 Å². The maximum atomic E-state index is 12.6. The highest BCUT2D eigenvalue weighted by atomic mass is 16.3. The molecule has 1 aromatic rings. The van der Waals surface area contributed by atoms with Gasteiger partial charge in [-0.05, 0) is 56.1 Å². The average Bonchev–Trinajstić information content (AvgIpc) is 3.32. The number of hydrogen-bond acceptors (Lipinski definition) is 3. The van der Waals surface area contributed by atoms with Crippen molar-refractivity contribution >= 4 is 11.8 Å². The Labute approximate surface area is 142 Å². The van der Waals surface area contributed by atoms with Crippen molar-refractivity contribution in [2.45, 2.75) is 51.6 Å². The monoisotopic (exact) mass is 330 g/mol. The summed E-state index contributed by atoms with van der Waals surface area (Å²) in [7, 11) is 0. The molecule has 5 heteroatoms. The minimum absolute atomic E-state index is 0.0409. The first-order valence-electron chi connectivity index (χ1n) is 9.20. The van der Waals surface area contributed by atoms with Gasteiger partial charge in [-0.25, -0.2) is 0 Å². The third kappa shape index (κ3) is 2.96. The van der Waals surface area contributed by atoms with E-state index in [9.17, 15) is 9.59 Å². The summed E-state index contributed by atoms with van der Waals surface area (Å²) in [5.41, 5.74) is 0. The highest BCUT2D eigenvalue weighted by Crippen LogP contribution is 2.49. The van der Waals surface area contributed by atoms with E-state index in [1.165, 1.54) is 25.7 Å². The van der Waals surface area contributed by atoms with Crippen LogP contribution in [0.25, 0.3) is 0 Å². The average molecular weight is 330 g/mol. The van der Waals surface area contributed by atoms with Crippen molar-refractivity contribution in [2.24, 2.45) is 23.7 Å². The molecule has 2 heterocycles. The summed E-state index contributed by atoms with van der Waals surface area (Å²) in [6, 6.07) is 3.90. The van der Waals surface area contributed by atoms with E-state index in [1.54, 1.807) is 11.2 Å². The summed E-state index contributed by atoms with van der Waals surface area (Å²) >= 11 is 0. The Morgan fingerprint density at radius 3 is 2.96 bits per heavy atom. The lowest BCUT2D eigenvalue weighted by Crippen LogP contribution is -2.43. The van der Waals surface area contributed by atoms with Gasteiger partial charge < -0.3 is 14.6 Å². The molecule has 5 unspecified atom stereocenters. The molecule has 0 aromatic carbocycles. The number of likely N-dealkylation sites (tertiary alicyclic amines) is 1. The summed E-state index contributed by atoms with van der Waals surface area (Å²) in [4.78, 5) is 26.5. The zero-order valence-electron chi connectivity index (χ0n) is 14.2. The van der Waals surface area contributed by atoms with Crippen molar-refractivity contribution in [3.63, 3.8) is 0 Å². The lowest BCUT2D eigenvalue weighted by molar-refractivity contribution is -0.129. The van der Waals surface area contributed by atoms with E-state index in [0.29, 0.717) is 25.4 Å². The predicted octanol–water partition coefficient (Wildman–Crippen LogP) is 2.57. The van der Waals surface area contributed by atoms with E-state index in [-0.39, 0.29) is 23.8 Å². The fourth-order valence-corrected chi connectivity index (χ4v) is 5.05. The van der Waals surface area contributed by atoms with E-state index in [0.717, 1.165) is 17.6 Å². The molecule has 1 N–H and O–H groups in total. The molecular formula is C19H26N2O3. The first-order valence-corrected chi connectivity index (χ1v) is 9.20. The lowest BCUT2D eigenvalue weighted by atomic mass is 9.84. The second-order valence-corrected chi connectivity index (χ2v) is 7.89. The number of nitrogens with zero attached hydrogens (tertiary/aromatic N) is 1. The van der Waals surface area contributed by atoms with Crippen LogP contribution in [0.1, 0.15) is 44.8 Å². The van der Waals surface area contributed by atoms with E-state index < -0.39 is 0 Å². The van der Waals surface area contributed by atoms with Gasteiger partial charge in [0.1, 0.15) is 5.76 Å². The molecule has 2 saturated carbocycles. The number of carbonyl (C=O) groups excluding carboxylic acids is 2. The van der Waals surface area contributed by atoms with E-state index in [4.69, 9.17) is 4.42 Å². The summed E-state index contributed by atoms with van der Waals surface area (Å²) in [5.74, 6) is 2.93. The van der Waals surface area contributed by atoms with E-state index in [2.05, 4.69) is 12.2 Å². The number of amides is 2. The summed E-state index contributed by atoms with van der Waals surface area (Å²) in [5, 5.41) is 3.21. The highest BCUT2D eigenvalue weighted by molar-refractivity contribution is 5.89.